The minimum absolute atomic E-state index is 0.105. The molecule has 8 heteroatoms. The van der Waals surface area contributed by atoms with E-state index in [0.29, 0.717) is 0 Å². The molecule has 1 amide bonds. The second kappa shape index (κ2) is 7.18. The summed E-state index contributed by atoms with van der Waals surface area (Å²) in [6.45, 7) is 2.10. The van der Waals surface area contributed by atoms with E-state index in [9.17, 15) is 18.0 Å². The summed E-state index contributed by atoms with van der Waals surface area (Å²) in [5.41, 5.74) is 5.12. The number of carbonyl (C=O) groups is 2. The lowest BCUT2D eigenvalue weighted by molar-refractivity contribution is -0.139. The highest BCUT2D eigenvalue weighted by molar-refractivity contribution is 7.92. The topological polar surface area (TPSA) is 116 Å². The van der Waals surface area contributed by atoms with Gasteiger partial charge in [0.05, 0.1) is 6.61 Å². The molecule has 3 N–H and O–H groups in total. The van der Waals surface area contributed by atoms with Crippen molar-refractivity contribution in [3.63, 3.8) is 0 Å². The maximum atomic E-state index is 11.3. The molecular formula is C8H16N2O5S. The molecule has 0 aromatic heterocycles. The standard InChI is InChI=1S/C8H16N2O5S/c1-2-15-8(12)6-16(13,14)5-7(11)10-4-3-9/h2-6,9H2,1H3,(H,10,11). The Hall–Kier alpha value is -1.15. The van der Waals surface area contributed by atoms with Gasteiger partial charge in [-0.05, 0) is 6.92 Å². The van der Waals surface area contributed by atoms with E-state index in [1.165, 1.54) is 0 Å². The molecule has 0 heterocycles. The molecule has 0 radical (unpaired) electrons. The number of rotatable bonds is 7. The summed E-state index contributed by atoms with van der Waals surface area (Å²) in [7, 11) is -3.76. The molecule has 0 aliphatic heterocycles. The van der Waals surface area contributed by atoms with Crippen LogP contribution >= 0.6 is 0 Å². The highest BCUT2D eigenvalue weighted by atomic mass is 32.2. The number of amides is 1. The number of esters is 1. The van der Waals surface area contributed by atoms with Gasteiger partial charge in [0, 0.05) is 13.1 Å². The van der Waals surface area contributed by atoms with Crippen LogP contribution in [-0.2, 0) is 24.2 Å². The molecule has 0 atom stereocenters. The Balaban J connectivity index is 4.14. The summed E-state index contributed by atoms with van der Waals surface area (Å²) in [5, 5.41) is 2.30. The Morgan fingerprint density at radius 1 is 1.31 bits per heavy atom. The van der Waals surface area contributed by atoms with Crippen LogP contribution in [0, 0.1) is 0 Å². The Bertz CT molecular complexity index is 338. The molecule has 0 saturated carbocycles. The van der Waals surface area contributed by atoms with Gasteiger partial charge in [-0.15, -0.1) is 0 Å². The highest BCUT2D eigenvalue weighted by Crippen LogP contribution is 1.92. The van der Waals surface area contributed by atoms with Crippen molar-refractivity contribution >= 4 is 21.7 Å². The van der Waals surface area contributed by atoms with E-state index < -0.39 is 33.2 Å². The molecule has 0 bridgehead atoms. The lowest BCUT2D eigenvalue weighted by Gasteiger charge is -2.05. The third kappa shape index (κ3) is 7.18. The zero-order valence-electron chi connectivity index (χ0n) is 9.06. The van der Waals surface area contributed by atoms with Gasteiger partial charge in [-0.25, -0.2) is 8.42 Å². The second-order valence-electron chi connectivity index (χ2n) is 2.98. The van der Waals surface area contributed by atoms with Crippen LogP contribution in [0.1, 0.15) is 6.92 Å². The van der Waals surface area contributed by atoms with Crippen LogP contribution in [0.3, 0.4) is 0 Å². The van der Waals surface area contributed by atoms with Crippen LogP contribution in [0.15, 0.2) is 0 Å². The SMILES string of the molecule is CCOC(=O)CS(=O)(=O)CC(=O)NCCN. The molecule has 0 spiro atoms. The zero-order chi connectivity index (χ0) is 12.6. The predicted molar refractivity (Wildman–Crippen MR) is 57.4 cm³/mol. The van der Waals surface area contributed by atoms with Gasteiger partial charge in [-0.1, -0.05) is 0 Å². The summed E-state index contributed by atoms with van der Waals surface area (Å²) in [4.78, 5) is 22.0. The van der Waals surface area contributed by atoms with E-state index >= 15 is 0 Å². The van der Waals surface area contributed by atoms with Crippen molar-refractivity contribution < 1.29 is 22.7 Å². The minimum Gasteiger partial charge on any atom is -0.465 e. The molecule has 0 unspecified atom stereocenters. The predicted octanol–water partition coefficient (Wildman–Crippen LogP) is -1.96. The number of hydrogen-bond acceptors (Lipinski definition) is 6. The molecule has 16 heavy (non-hydrogen) atoms. The largest absolute Gasteiger partial charge is 0.465 e. The average molecular weight is 252 g/mol. The molecule has 0 fully saturated rings. The van der Waals surface area contributed by atoms with Gasteiger partial charge in [0.2, 0.25) is 5.91 Å². The molecule has 0 aromatic rings. The fraction of sp³-hybridized carbons (Fsp3) is 0.750. The van der Waals surface area contributed by atoms with E-state index in [-0.39, 0.29) is 19.7 Å². The summed E-state index contributed by atoms with van der Waals surface area (Å²) >= 11 is 0. The molecule has 0 aromatic carbocycles. The Labute approximate surface area is 94.2 Å². The lowest BCUT2D eigenvalue weighted by atomic mass is 10.6. The first-order chi connectivity index (χ1) is 7.41. The Kier molecular flexibility index (Phi) is 6.66. The normalized spacial score (nSPS) is 10.9. The number of ether oxygens (including phenoxy) is 1. The van der Waals surface area contributed by atoms with Gasteiger partial charge < -0.3 is 15.8 Å². The van der Waals surface area contributed by atoms with Gasteiger partial charge in [0.15, 0.2) is 9.84 Å². The van der Waals surface area contributed by atoms with Crippen LogP contribution in [0.4, 0.5) is 0 Å². The molecule has 0 aliphatic rings. The highest BCUT2D eigenvalue weighted by Gasteiger charge is 2.21. The van der Waals surface area contributed by atoms with Crippen LogP contribution in [0.25, 0.3) is 0 Å². The monoisotopic (exact) mass is 252 g/mol. The van der Waals surface area contributed by atoms with Crippen LogP contribution in [0.5, 0.6) is 0 Å². The number of hydrogen-bond donors (Lipinski definition) is 2. The van der Waals surface area contributed by atoms with Crippen molar-refractivity contribution in [2.75, 3.05) is 31.2 Å². The van der Waals surface area contributed by atoms with Crippen molar-refractivity contribution in [2.24, 2.45) is 5.73 Å². The summed E-state index contributed by atoms with van der Waals surface area (Å²) < 4.78 is 27.1. The maximum Gasteiger partial charge on any atom is 0.321 e. The fourth-order valence-corrected chi connectivity index (χ4v) is 1.94. The van der Waals surface area contributed by atoms with Crippen LogP contribution in [0.2, 0.25) is 0 Å². The van der Waals surface area contributed by atoms with E-state index in [0.717, 1.165) is 0 Å². The molecule has 7 nitrogen and oxygen atoms in total. The van der Waals surface area contributed by atoms with Crippen molar-refractivity contribution in [1.82, 2.24) is 5.32 Å². The Morgan fingerprint density at radius 2 is 1.94 bits per heavy atom. The molecule has 94 valence electrons. The lowest BCUT2D eigenvalue weighted by Crippen LogP contribution is -2.35. The third-order valence-corrected chi connectivity index (χ3v) is 2.84. The van der Waals surface area contributed by atoms with Gasteiger partial charge in [-0.2, -0.15) is 0 Å². The average Bonchev–Trinajstić information content (AvgIpc) is 2.13. The van der Waals surface area contributed by atoms with Crippen LogP contribution < -0.4 is 11.1 Å². The minimum atomic E-state index is -3.76. The molecule has 0 aliphatic carbocycles. The zero-order valence-corrected chi connectivity index (χ0v) is 9.88. The fourth-order valence-electron chi connectivity index (χ4n) is 0.896. The Morgan fingerprint density at radius 3 is 2.44 bits per heavy atom. The van der Waals surface area contributed by atoms with Gasteiger partial charge in [0.1, 0.15) is 11.5 Å². The smallest absolute Gasteiger partial charge is 0.321 e. The van der Waals surface area contributed by atoms with E-state index in [4.69, 9.17) is 5.73 Å². The summed E-state index contributed by atoms with van der Waals surface area (Å²) in [6, 6.07) is 0. The van der Waals surface area contributed by atoms with Crippen LogP contribution in [-0.4, -0.2) is 51.5 Å². The van der Waals surface area contributed by atoms with Gasteiger partial charge in [0.25, 0.3) is 0 Å². The number of nitrogens with one attached hydrogen (secondary N) is 1. The first-order valence-corrected chi connectivity index (χ1v) is 6.56. The van der Waals surface area contributed by atoms with Crippen molar-refractivity contribution in [2.45, 2.75) is 6.92 Å². The number of nitrogens with two attached hydrogens (primary N) is 1. The molecule has 0 rings (SSSR count). The quantitative estimate of drug-likeness (QED) is 0.508. The van der Waals surface area contributed by atoms with E-state index in [1.54, 1.807) is 6.92 Å². The van der Waals surface area contributed by atoms with Gasteiger partial charge in [-0.3, -0.25) is 9.59 Å². The summed E-state index contributed by atoms with van der Waals surface area (Å²) in [5.74, 6) is -3.04. The maximum absolute atomic E-state index is 11.3. The number of sulfone groups is 1. The second-order valence-corrected chi connectivity index (χ2v) is 5.04. The van der Waals surface area contributed by atoms with Crippen molar-refractivity contribution in [3.8, 4) is 0 Å². The first kappa shape index (κ1) is 14.8. The summed E-state index contributed by atoms with van der Waals surface area (Å²) in [6.07, 6.45) is 0. The van der Waals surface area contributed by atoms with Gasteiger partial charge >= 0.3 is 5.97 Å². The van der Waals surface area contributed by atoms with Crippen molar-refractivity contribution in [1.29, 1.82) is 0 Å². The third-order valence-electron chi connectivity index (χ3n) is 1.46. The molecule has 0 saturated heterocycles. The van der Waals surface area contributed by atoms with E-state index in [1.807, 2.05) is 0 Å². The first-order valence-electron chi connectivity index (χ1n) is 4.74. The van der Waals surface area contributed by atoms with Crippen molar-refractivity contribution in [3.05, 3.63) is 0 Å². The van der Waals surface area contributed by atoms with E-state index in [2.05, 4.69) is 10.1 Å². The number of carbonyl (C=O) groups excluding carboxylic acids is 2. The molecular weight excluding hydrogens is 236 g/mol.